The van der Waals surface area contributed by atoms with Crippen molar-refractivity contribution >= 4 is 68.1 Å². The molecule has 0 bridgehead atoms. The number of halogens is 2. The van der Waals surface area contributed by atoms with E-state index in [-0.39, 0.29) is 5.91 Å². The van der Waals surface area contributed by atoms with Crippen LogP contribution in [-0.2, 0) is 10.5 Å². The van der Waals surface area contributed by atoms with Gasteiger partial charge in [0.05, 0.1) is 20.3 Å². The number of nitrogens with zero attached hydrogens (tertiary/aromatic N) is 1. The van der Waals surface area contributed by atoms with Crippen LogP contribution in [0, 0.1) is 0 Å². The molecule has 1 amide bonds. The van der Waals surface area contributed by atoms with Crippen molar-refractivity contribution in [3.05, 3.63) is 52.0 Å². The Hall–Kier alpha value is -1.27. The first-order valence-electron chi connectivity index (χ1n) is 7.82. The van der Waals surface area contributed by atoms with E-state index in [1.807, 2.05) is 43.3 Å². The maximum Gasteiger partial charge on any atom is 0.224 e. The van der Waals surface area contributed by atoms with Gasteiger partial charge in [0.15, 0.2) is 4.34 Å². The van der Waals surface area contributed by atoms with Crippen LogP contribution >= 0.6 is 46.3 Å². The number of rotatable bonds is 6. The molecule has 0 atom stereocenters. The third kappa shape index (κ3) is 4.88. The van der Waals surface area contributed by atoms with Gasteiger partial charge in [0.25, 0.3) is 0 Å². The summed E-state index contributed by atoms with van der Waals surface area (Å²) >= 11 is 15.3. The second kappa shape index (κ2) is 8.41. The molecule has 1 heterocycles. The zero-order chi connectivity index (χ0) is 17.8. The minimum absolute atomic E-state index is 0.0422. The van der Waals surface area contributed by atoms with Crippen LogP contribution in [0.4, 0.5) is 5.69 Å². The summed E-state index contributed by atoms with van der Waals surface area (Å²) in [6, 6.07) is 11.5. The molecule has 1 N–H and O–H groups in total. The van der Waals surface area contributed by atoms with Crippen LogP contribution in [0.3, 0.4) is 0 Å². The summed E-state index contributed by atoms with van der Waals surface area (Å²) in [4.78, 5) is 16.4. The number of hydrogen-bond acceptors (Lipinski definition) is 4. The maximum atomic E-state index is 11.7. The molecule has 3 rings (SSSR count). The summed E-state index contributed by atoms with van der Waals surface area (Å²) < 4.78 is 2.05. The van der Waals surface area contributed by atoms with E-state index < -0.39 is 0 Å². The first-order chi connectivity index (χ1) is 12.0. The molecule has 25 heavy (non-hydrogen) atoms. The Morgan fingerprint density at radius 3 is 2.80 bits per heavy atom. The molecule has 0 spiro atoms. The summed E-state index contributed by atoms with van der Waals surface area (Å²) in [6.07, 6.45) is 1.37. The predicted molar refractivity (Wildman–Crippen MR) is 109 cm³/mol. The summed E-state index contributed by atoms with van der Waals surface area (Å²) in [7, 11) is 0. The number of thioether (sulfide) groups is 1. The van der Waals surface area contributed by atoms with Gasteiger partial charge in [-0.3, -0.25) is 4.79 Å². The lowest BCUT2D eigenvalue weighted by Crippen LogP contribution is -2.10. The smallest absolute Gasteiger partial charge is 0.224 e. The van der Waals surface area contributed by atoms with E-state index in [0.717, 1.165) is 38.0 Å². The highest BCUT2D eigenvalue weighted by Crippen LogP contribution is 2.34. The van der Waals surface area contributed by atoms with E-state index in [2.05, 4.69) is 10.3 Å². The lowest BCUT2D eigenvalue weighted by atomic mass is 10.2. The van der Waals surface area contributed by atoms with Crippen LogP contribution in [0.2, 0.25) is 10.0 Å². The van der Waals surface area contributed by atoms with Crippen molar-refractivity contribution < 1.29 is 4.79 Å². The molecule has 7 heteroatoms. The fraction of sp³-hybridized carbons (Fsp3) is 0.222. The summed E-state index contributed by atoms with van der Waals surface area (Å²) in [5.74, 6) is 0.817. The normalized spacial score (nSPS) is 11.0. The molecule has 0 aliphatic rings. The molecular weight excluding hydrogens is 395 g/mol. The lowest BCUT2D eigenvalue weighted by molar-refractivity contribution is -0.116. The average Bonchev–Trinajstić information content (AvgIpc) is 2.98. The molecule has 3 aromatic rings. The van der Waals surface area contributed by atoms with Crippen molar-refractivity contribution in [2.45, 2.75) is 29.9 Å². The van der Waals surface area contributed by atoms with Gasteiger partial charge in [-0.2, -0.15) is 0 Å². The predicted octanol–water partition coefficient (Wildman–Crippen LogP) is 6.63. The van der Waals surface area contributed by atoms with E-state index in [4.69, 9.17) is 23.2 Å². The van der Waals surface area contributed by atoms with Gasteiger partial charge in [-0.1, -0.05) is 48.0 Å². The molecule has 0 saturated heterocycles. The fourth-order valence-corrected chi connectivity index (χ4v) is 4.64. The summed E-state index contributed by atoms with van der Waals surface area (Å²) in [6.45, 7) is 1.99. The number of benzene rings is 2. The van der Waals surface area contributed by atoms with Crippen LogP contribution in [0.1, 0.15) is 25.3 Å². The van der Waals surface area contributed by atoms with E-state index in [1.54, 1.807) is 23.1 Å². The number of carbonyl (C=O) groups excluding carboxylic acids is 1. The van der Waals surface area contributed by atoms with Gasteiger partial charge >= 0.3 is 0 Å². The molecule has 0 unspecified atom stereocenters. The van der Waals surface area contributed by atoms with Gasteiger partial charge in [0.2, 0.25) is 5.91 Å². The Kier molecular flexibility index (Phi) is 6.23. The molecule has 0 radical (unpaired) electrons. The Labute approximate surface area is 164 Å². The minimum atomic E-state index is 0.0422. The second-order valence-corrected chi connectivity index (χ2v) is 8.57. The van der Waals surface area contributed by atoms with Gasteiger partial charge in [-0.15, -0.1) is 11.3 Å². The number of hydrogen-bond donors (Lipinski definition) is 1. The van der Waals surface area contributed by atoms with Crippen molar-refractivity contribution in [2.24, 2.45) is 0 Å². The third-order valence-corrected chi connectivity index (χ3v) is 6.45. The number of nitrogens with one attached hydrogen (secondary N) is 1. The van der Waals surface area contributed by atoms with Gasteiger partial charge in [-0.05, 0) is 42.3 Å². The zero-order valence-corrected chi connectivity index (χ0v) is 16.7. The molecular formula is C18H16Cl2N2OS2. The molecule has 0 saturated carbocycles. The highest BCUT2D eigenvalue weighted by molar-refractivity contribution is 8.00. The quantitative estimate of drug-likeness (QED) is 0.463. The first kappa shape index (κ1) is 18.5. The number of thiazole rings is 1. The monoisotopic (exact) mass is 410 g/mol. The van der Waals surface area contributed by atoms with Gasteiger partial charge in [0.1, 0.15) is 0 Å². The van der Waals surface area contributed by atoms with E-state index in [1.165, 1.54) is 0 Å². The van der Waals surface area contributed by atoms with Crippen LogP contribution in [0.15, 0.2) is 40.7 Å². The fourth-order valence-electron chi connectivity index (χ4n) is 2.27. The van der Waals surface area contributed by atoms with Crippen LogP contribution < -0.4 is 5.32 Å². The van der Waals surface area contributed by atoms with Crippen molar-refractivity contribution in [3.63, 3.8) is 0 Å². The van der Waals surface area contributed by atoms with Gasteiger partial charge < -0.3 is 5.32 Å². The zero-order valence-electron chi connectivity index (χ0n) is 13.5. The molecule has 0 aliphatic carbocycles. The van der Waals surface area contributed by atoms with Gasteiger partial charge in [0, 0.05) is 17.9 Å². The Morgan fingerprint density at radius 2 is 2.04 bits per heavy atom. The molecule has 0 aliphatic heterocycles. The highest BCUT2D eigenvalue weighted by Gasteiger charge is 2.08. The number of fused-ring (bicyclic) bond motifs is 1. The number of amides is 1. The minimum Gasteiger partial charge on any atom is -0.326 e. The molecule has 3 nitrogen and oxygen atoms in total. The van der Waals surface area contributed by atoms with Crippen molar-refractivity contribution in [2.75, 3.05) is 5.32 Å². The van der Waals surface area contributed by atoms with Crippen molar-refractivity contribution in [3.8, 4) is 0 Å². The first-order valence-corrected chi connectivity index (χ1v) is 10.4. The van der Waals surface area contributed by atoms with E-state index in [0.29, 0.717) is 16.5 Å². The van der Waals surface area contributed by atoms with Crippen LogP contribution in [-0.4, -0.2) is 10.9 Å². The van der Waals surface area contributed by atoms with Crippen molar-refractivity contribution in [1.29, 1.82) is 0 Å². The second-order valence-electron chi connectivity index (χ2n) is 5.50. The Bertz CT molecular complexity index is 911. The van der Waals surface area contributed by atoms with E-state index >= 15 is 0 Å². The molecule has 2 aromatic carbocycles. The van der Waals surface area contributed by atoms with Crippen molar-refractivity contribution in [1.82, 2.24) is 4.98 Å². The number of aromatic nitrogens is 1. The maximum absolute atomic E-state index is 11.7. The SMILES string of the molecule is CCCC(=O)Nc1ccc2nc(SCc3ccc(Cl)c(Cl)c3)sc2c1. The molecule has 0 fully saturated rings. The van der Waals surface area contributed by atoms with Crippen LogP contribution in [0.25, 0.3) is 10.2 Å². The highest BCUT2D eigenvalue weighted by atomic mass is 35.5. The largest absolute Gasteiger partial charge is 0.326 e. The topological polar surface area (TPSA) is 42.0 Å². The van der Waals surface area contributed by atoms with Gasteiger partial charge in [-0.25, -0.2) is 4.98 Å². The Balaban J connectivity index is 1.70. The summed E-state index contributed by atoms with van der Waals surface area (Å²) in [5.41, 5.74) is 2.86. The van der Waals surface area contributed by atoms with Crippen LogP contribution in [0.5, 0.6) is 0 Å². The molecule has 130 valence electrons. The average molecular weight is 411 g/mol. The van der Waals surface area contributed by atoms with E-state index in [9.17, 15) is 4.79 Å². The Morgan fingerprint density at radius 1 is 1.20 bits per heavy atom. The standard InChI is InChI=1S/C18H16Cl2N2OS2/c1-2-3-17(23)21-12-5-7-15-16(9-12)25-18(22-15)24-10-11-4-6-13(19)14(20)8-11/h4-9H,2-3,10H2,1H3,(H,21,23). The number of anilines is 1. The third-order valence-electron chi connectivity index (χ3n) is 3.48. The number of carbonyl (C=O) groups is 1. The molecule has 1 aromatic heterocycles. The summed E-state index contributed by atoms with van der Waals surface area (Å²) in [5, 5.41) is 4.05. The lowest BCUT2D eigenvalue weighted by Gasteiger charge is -2.03.